The van der Waals surface area contributed by atoms with Crippen LogP contribution in [0, 0.1) is 0 Å². The molecule has 4 bridgehead atoms. The molecule has 4 nitrogen and oxygen atoms in total. The maximum Gasteiger partial charge on any atom is 0.0807 e. The molecule has 29 heavy (non-hydrogen) atoms. The Morgan fingerprint density at radius 3 is 1.66 bits per heavy atom. The van der Waals surface area contributed by atoms with Crippen LogP contribution in [0.1, 0.15) is 33.0 Å². The van der Waals surface area contributed by atoms with E-state index in [2.05, 4.69) is 24.3 Å². The Labute approximate surface area is 177 Å². The Hall–Kier alpha value is -2.05. The van der Waals surface area contributed by atoms with E-state index in [0.717, 1.165) is 17.1 Å². The quantitative estimate of drug-likeness (QED) is 0.637. The molecule has 0 amide bonds. The summed E-state index contributed by atoms with van der Waals surface area (Å²) in [5, 5.41) is 1.94. The van der Waals surface area contributed by atoms with Crippen LogP contribution in [0.4, 0.5) is 5.69 Å². The first-order valence-corrected chi connectivity index (χ1v) is 12.9. The van der Waals surface area contributed by atoms with E-state index in [1.54, 1.807) is 12.5 Å². The van der Waals surface area contributed by atoms with Gasteiger partial charge in [-0.2, -0.15) is 0 Å². The summed E-state index contributed by atoms with van der Waals surface area (Å²) in [6.45, 7) is 0. The van der Waals surface area contributed by atoms with Crippen molar-refractivity contribution in [2.75, 3.05) is 31.5 Å². The van der Waals surface area contributed by atoms with Gasteiger partial charge in [0.05, 0.1) is 21.9 Å². The summed E-state index contributed by atoms with van der Waals surface area (Å²) in [4.78, 5) is 6.95. The van der Waals surface area contributed by atoms with E-state index in [1.807, 2.05) is 43.3 Å². The average Bonchev–Trinajstić information content (AvgIpc) is 2.72. The molecule has 0 N–H and O–H groups in total. The Morgan fingerprint density at radius 1 is 0.828 bits per heavy atom. The standard InChI is InChI=1S/C23H26N2O2S2/c1-25(2)17-13-20-22(28(3)26)11-15-9-10-16(19-8-6-5-7-18(15)19)12-23(29(4)27)21(14-17)24-20/h5-10,13-14,22-23H,11-12H2,1-4H3. The summed E-state index contributed by atoms with van der Waals surface area (Å²) >= 11 is 0. The van der Waals surface area contributed by atoms with E-state index in [9.17, 15) is 8.42 Å². The molecule has 3 heterocycles. The van der Waals surface area contributed by atoms with E-state index in [0.29, 0.717) is 12.8 Å². The topological polar surface area (TPSA) is 50.3 Å². The Morgan fingerprint density at radius 2 is 1.28 bits per heavy atom. The van der Waals surface area contributed by atoms with Crippen molar-refractivity contribution in [3.8, 4) is 0 Å². The summed E-state index contributed by atoms with van der Waals surface area (Å²) in [6.07, 6.45) is 4.82. The van der Waals surface area contributed by atoms with Crippen LogP contribution < -0.4 is 4.90 Å². The molecule has 4 unspecified atom stereocenters. The molecule has 4 atom stereocenters. The molecule has 0 fully saturated rings. The molecule has 2 aliphatic rings. The van der Waals surface area contributed by atoms with Gasteiger partial charge in [-0.05, 0) is 46.9 Å². The monoisotopic (exact) mass is 426 g/mol. The molecular weight excluding hydrogens is 400 g/mol. The predicted molar refractivity (Wildman–Crippen MR) is 124 cm³/mol. The van der Waals surface area contributed by atoms with Gasteiger partial charge >= 0.3 is 0 Å². The minimum absolute atomic E-state index is 0.216. The lowest BCUT2D eigenvalue weighted by Gasteiger charge is -2.21. The Bertz CT molecular complexity index is 1050. The Balaban J connectivity index is 2.04. The molecule has 5 rings (SSSR count). The van der Waals surface area contributed by atoms with Crippen molar-refractivity contribution in [3.05, 3.63) is 71.0 Å². The highest BCUT2D eigenvalue weighted by Gasteiger charge is 2.27. The van der Waals surface area contributed by atoms with E-state index < -0.39 is 21.6 Å². The second kappa shape index (κ2) is 8.00. The summed E-state index contributed by atoms with van der Waals surface area (Å²) in [7, 11) is 1.79. The van der Waals surface area contributed by atoms with Gasteiger partial charge in [0.1, 0.15) is 0 Å². The van der Waals surface area contributed by atoms with Crippen LogP contribution in [0.25, 0.3) is 10.8 Å². The first-order valence-electron chi connectivity index (χ1n) is 9.68. The number of fused-ring (bicyclic) bond motifs is 3. The van der Waals surface area contributed by atoms with Crippen LogP contribution in [0.2, 0.25) is 0 Å². The summed E-state index contributed by atoms with van der Waals surface area (Å²) < 4.78 is 25.6. The van der Waals surface area contributed by atoms with Gasteiger partial charge in [-0.1, -0.05) is 36.4 Å². The number of hydrogen-bond acceptors (Lipinski definition) is 4. The van der Waals surface area contributed by atoms with Crippen molar-refractivity contribution in [2.24, 2.45) is 0 Å². The lowest BCUT2D eigenvalue weighted by atomic mass is 9.94. The first-order chi connectivity index (χ1) is 13.8. The second-order valence-electron chi connectivity index (χ2n) is 7.88. The highest BCUT2D eigenvalue weighted by molar-refractivity contribution is 7.84. The SMILES string of the molecule is CN(C)c1cc2nc(c1)C(S(C)=O)Cc1ccc(c3ccccc13)CC2S(C)=O. The fraction of sp³-hybridized carbons (Fsp3) is 0.348. The van der Waals surface area contributed by atoms with E-state index in [-0.39, 0.29) is 10.5 Å². The zero-order valence-electron chi connectivity index (χ0n) is 17.2. The van der Waals surface area contributed by atoms with Gasteiger partial charge in [-0.15, -0.1) is 0 Å². The molecule has 0 radical (unpaired) electrons. The molecule has 0 aliphatic carbocycles. The number of benzene rings is 2. The second-order valence-corrected chi connectivity index (χ2v) is 11.0. The van der Waals surface area contributed by atoms with Crippen molar-refractivity contribution in [1.82, 2.24) is 4.98 Å². The van der Waals surface area contributed by atoms with Crippen molar-refractivity contribution in [2.45, 2.75) is 23.3 Å². The molecule has 1 aromatic heterocycles. The number of rotatable bonds is 3. The molecule has 0 spiro atoms. The third kappa shape index (κ3) is 3.88. The smallest absolute Gasteiger partial charge is 0.0807 e. The molecule has 152 valence electrons. The summed E-state index contributed by atoms with van der Waals surface area (Å²) in [6, 6.07) is 16.7. The molecule has 0 saturated carbocycles. The van der Waals surface area contributed by atoms with Gasteiger partial charge in [0.2, 0.25) is 0 Å². The van der Waals surface area contributed by atoms with Crippen molar-refractivity contribution >= 4 is 38.1 Å². The van der Waals surface area contributed by atoms with Gasteiger partial charge in [-0.25, -0.2) is 0 Å². The van der Waals surface area contributed by atoms with E-state index in [4.69, 9.17) is 4.98 Å². The summed E-state index contributed by atoms with van der Waals surface area (Å²) in [5.41, 5.74) is 4.99. The average molecular weight is 427 g/mol. The van der Waals surface area contributed by atoms with Crippen LogP contribution in [0.3, 0.4) is 0 Å². The van der Waals surface area contributed by atoms with Gasteiger partial charge < -0.3 is 4.90 Å². The first kappa shape index (κ1) is 20.2. The number of anilines is 1. The molecule has 6 heteroatoms. The van der Waals surface area contributed by atoms with Gasteiger partial charge in [0.25, 0.3) is 0 Å². The molecule has 0 saturated heterocycles. The summed E-state index contributed by atoms with van der Waals surface area (Å²) in [5.74, 6) is 0. The third-order valence-electron chi connectivity index (χ3n) is 5.74. The molecule has 2 aliphatic heterocycles. The minimum atomic E-state index is -1.09. The van der Waals surface area contributed by atoms with Crippen LogP contribution in [0.15, 0.2) is 48.5 Å². The van der Waals surface area contributed by atoms with Gasteiger partial charge in [0, 0.05) is 53.9 Å². The van der Waals surface area contributed by atoms with E-state index in [1.165, 1.54) is 21.9 Å². The van der Waals surface area contributed by atoms with Crippen LogP contribution in [-0.4, -0.2) is 40.0 Å². The fourth-order valence-electron chi connectivity index (χ4n) is 4.11. The fourth-order valence-corrected chi connectivity index (χ4v) is 5.86. The normalized spacial score (nSPS) is 20.8. The molecular formula is C23H26N2O2S2. The van der Waals surface area contributed by atoms with Crippen molar-refractivity contribution in [3.63, 3.8) is 0 Å². The number of hydrogen-bond donors (Lipinski definition) is 0. The van der Waals surface area contributed by atoms with Crippen LogP contribution in [0.5, 0.6) is 0 Å². The maximum absolute atomic E-state index is 12.8. The van der Waals surface area contributed by atoms with Crippen molar-refractivity contribution in [1.29, 1.82) is 0 Å². The van der Waals surface area contributed by atoms with E-state index >= 15 is 0 Å². The molecule has 2 aromatic carbocycles. The lowest BCUT2D eigenvalue weighted by Crippen LogP contribution is -2.17. The van der Waals surface area contributed by atoms with Gasteiger partial charge in [0.15, 0.2) is 0 Å². The largest absolute Gasteiger partial charge is 0.378 e. The van der Waals surface area contributed by atoms with Crippen LogP contribution >= 0.6 is 0 Å². The third-order valence-corrected chi connectivity index (χ3v) is 8.16. The van der Waals surface area contributed by atoms with Crippen LogP contribution in [-0.2, 0) is 34.4 Å². The predicted octanol–water partition coefficient (Wildman–Crippen LogP) is 3.94. The number of nitrogens with zero attached hydrogens (tertiary/aromatic N) is 2. The zero-order chi connectivity index (χ0) is 20.7. The maximum atomic E-state index is 12.8. The number of aromatic nitrogens is 1. The lowest BCUT2D eigenvalue weighted by molar-refractivity contribution is 0.669. The molecule has 3 aromatic rings. The van der Waals surface area contributed by atoms with Crippen molar-refractivity contribution < 1.29 is 8.42 Å². The zero-order valence-corrected chi connectivity index (χ0v) is 18.8. The number of pyridine rings is 1. The highest BCUT2D eigenvalue weighted by Crippen LogP contribution is 2.36. The Kier molecular flexibility index (Phi) is 5.58. The van der Waals surface area contributed by atoms with Gasteiger partial charge in [-0.3, -0.25) is 13.4 Å². The minimum Gasteiger partial charge on any atom is -0.378 e. The highest BCUT2D eigenvalue weighted by atomic mass is 32.2.